The second-order valence-corrected chi connectivity index (χ2v) is 7.82. The van der Waals surface area contributed by atoms with Crippen molar-refractivity contribution in [3.8, 4) is 28.6 Å². The number of nitrogens with zero attached hydrogens (tertiary/aromatic N) is 3. The molecule has 0 radical (unpaired) electrons. The minimum atomic E-state index is -0.145. The minimum absolute atomic E-state index is 0.145. The smallest absolute Gasteiger partial charge is 0.293 e. The van der Waals surface area contributed by atoms with Crippen LogP contribution in [0, 0.1) is 24.2 Å². The Morgan fingerprint density at radius 2 is 1.87 bits per heavy atom. The van der Waals surface area contributed by atoms with Gasteiger partial charge in [-0.25, -0.2) is 4.98 Å². The number of nitriles is 1. The van der Waals surface area contributed by atoms with E-state index in [0.29, 0.717) is 23.8 Å². The lowest BCUT2D eigenvalue weighted by atomic mass is 10.0. The van der Waals surface area contributed by atoms with E-state index >= 15 is 0 Å². The van der Waals surface area contributed by atoms with Gasteiger partial charge in [-0.3, -0.25) is 4.79 Å². The van der Waals surface area contributed by atoms with Crippen molar-refractivity contribution in [2.45, 2.75) is 13.3 Å². The first-order valence-electron chi connectivity index (χ1n) is 10.2. The van der Waals surface area contributed by atoms with Crippen LogP contribution in [0.4, 0.5) is 5.82 Å². The number of nitrogens with one attached hydrogen (secondary N) is 2. The molecule has 1 aliphatic heterocycles. The summed E-state index contributed by atoms with van der Waals surface area (Å²) in [6.45, 7) is 4.72. The standard InChI is InChI=1S/C24H25N5O/c1-16-3-7-20(8-4-16)22-21(19-9-5-17(13-25)6-10-19)28-23(24(30)29(22)2)27-15-18-11-12-26-14-18/h3-10,18,26H,11-12,14-15H2,1-2H3,(H,27,28)/t18-/m1/s1. The van der Waals surface area contributed by atoms with E-state index < -0.39 is 0 Å². The molecule has 0 bridgehead atoms. The van der Waals surface area contributed by atoms with E-state index in [9.17, 15) is 4.79 Å². The van der Waals surface area contributed by atoms with E-state index in [1.54, 1.807) is 23.7 Å². The maximum absolute atomic E-state index is 13.1. The quantitative estimate of drug-likeness (QED) is 0.688. The van der Waals surface area contributed by atoms with Gasteiger partial charge >= 0.3 is 0 Å². The molecule has 2 aromatic carbocycles. The first-order chi connectivity index (χ1) is 14.6. The molecule has 152 valence electrons. The fourth-order valence-electron chi connectivity index (χ4n) is 3.82. The summed E-state index contributed by atoms with van der Waals surface area (Å²) in [5.74, 6) is 0.853. The number of benzene rings is 2. The molecule has 4 rings (SSSR count). The fourth-order valence-corrected chi connectivity index (χ4v) is 3.82. The Bertz CT molecular complexity index is 1130. The van der Waals surface area contributed by atoms with Crippen molar-refractivity contribution >= 4 is 5.82 Å². The molecular formula is C24H25N5O. The molecule has 0 aliphatic carbocycles. The lowest BCUT2D eigenvalue weighted by Crippen LogP contribution is -2.27. The summed E-state index contributed by atoms with van der Waals surface area (Å²) < 4.78 is 1.67. The highest BCUT2D eigenvalue weighted by Gasteiger charge is 2.19. The van der Waals surface area contributed by atoms with Gasteiger partial charge in [-0.1, -0.05) is 42.0 Å². The normalized spacial score (nSPS) is 15.7. The van der Waals surface area contributed by atoms with Crippen LogP contribution >= 0.6 is 0 Å². The molecule has 0 saturated carbocycles. The Balaban J connectivity index is 1.82. The topological polar surface area (TPSA) is 82.7 Å². The van der Waals surface area contributed by atoms with Crippen LogP contribution < -0.4 is 16.2 Å². The zero-order valence-corrected chi connectivity index (χ0v) is 17.3. The first kappa shape index (κ1) is 19.9. The van der Waals surface area contributed by atoms with Gasteiger partial charge in [0.1, 0.15) is 0 Å². The molecule has 0 amide bonds. The van der Waals surface area contributed by atoms with Crippen molar-refractivity contribution in [1.29, 1.82) is 5.26 Å². The van der Waals surface area contributed by atoms with Gasteiger partial charge < -0.3 is 15.2 Å². The van der Waals surface area contributed by atoms with E-state index in [1.807, 2.05) is 43.3 Å². The fraction of sp³-hybridized carbons (Fsp3) is 0.292. The highest BCUT2D eigenvalue weighted by Crippen LogP contribution is 2.30. The Morgan fingerprint density at radius 3 is 2.50 bits per heavy atom. The van der Waals surface area contributed by atoms with Gasteiger partial charge in [0.05, 0.1) is 23.0 Å². The SMILES string of the molecule is Cc1ccc(-c2c(-c3ccc(C#N)cc3)nc(NC[C@@H]3CCNC3)c(=O)n2C)cc1. The van der Waals surface area contributed by atoms with Crippen molar-refractivity contribution < 1.29 is 0 Å². The van der Waals surface area contributed by atoms with E-state index in [1.165, 1.54) is 0 Å². The van der Waals surface area contributed by atoms with Gasteiger partial charge in [-0.2, -0.15) is 5.26 Å². The van der Waals surface area contributed by atoms with Crippen LogP contribution in [-0.4, -0.2) is 29.2 Å². The molecule has 1 aromatic heterocycles. The number of aryl methyl sites for hydroxylation is 1. The number of aromatic nitrogens is 2. The molecule has 6 heteroatoms. The molecule has 0 spiro atoms. The third-order valence-electron chi connectivity index (χ3n) is 5.62. The summed E-state index contributed by atoms with van der Waals surface area (Å²) >= 11 is 0. The predicted octanol–water partition coefficient (Wildman–Crippen LogP) is 3.32. The van der Waals surface area contributed by atoms with Crippen molar-refractivity contribution in [2.75, 3.05) is 25.0 Å². The Morgan fingerprint density at radius 1 is 1.17 bits per heavy atom. The second kappa shape index (κ2) is 8.52. The van der Waals surface area contributed by atoms with Gasteiger partial charge in [0.25, 0.3) is 5.56 Å². The van der Waals surface area contributed by atoms with E-state index in [0.717, 1.165) is 47.6 Å². The molecule has 2 heterocycles. The molecule has 1 aliphatic rings. The second-order valence-electron chi connectivity index (χ2n) is 7.82. The lowest BCUT2D eigenvalue weighted by molar-refractivity contribution is 0.613. The highest BCUT2D eigenvalue weighted by molar-refractivity contribution is 5.79. The summed E-state index contributed by atoms with van der Waals surface area (Å²) in [5, 5.41) is 15.8. The molecule has 3 aromatic rings. The molecule has 6 nitrogen and oxygen atoms in total. The molecule has 30 heavy (non-hydrogen) atoms. The van der Waals surface area contributed by atoms with Gasteiger partial charge in [0, 0.05) is 24.7 Å². The number of hydrogen-bond acceptors (Lipinski definition) is 5. The van der Waals surface area contributed by atoms with Crippen LogP contribution in [0.5, 0.6) is 0 Å². The van der Waals surface area contributed by atoms with Crippen LogP contribution in [-0.2, 0) is 7.05 Å². The highest BCUT2D eigenvalue weighted by atomic mass is 16.1. The first-order valence-corrected chi connectivity index (χ1v) is 10.2. The predicted molar refractivity (Wildman–Crippen MR) is 119 cm³/mol. The molecule has 1 atom stereocenters. The third-order valence-corrected chi connectivity index (χ3v) is 5.62. The minimum Gasteiger partial charge on any atom is -0.365 e. The van der Waals surface area contributed by atoms with Crippen LogP contribution in [0.15, 0.2) is 53.3 Å². The van der Waals surface area contributed by atoms with Gasteiger partial charge in [0.2, 0.25) is 0 Å². The van der Waals surface area contributed by atoms with Crippen LogP contribution in [0.25, 0.3) is 22.5 Å². The summed E-state index contributed by atoms with van der Waals surface area (Å²) in [4.78, 5) is 17.9. The van der Waals surface area contributed by atoms with Crippen molar-refractivity contribution in [3.63, 3.8) is 0 Å². The van der Waals surface area contributed by atoms with Gasteiger partial charge in [-0.15, -0.1) is 0 Å². The summed E-state index contributed by atoms with van der Waals surface area (Å²) in [6, 6.07) is 17.5. The zero-order valence-electron chi connectivity index (χ0n) is 17.3. The Kier molecular flexibility index (Phi) is 5.64. The average Bonchev–Trinajstić information content (AvgIpc) is 3.29. The van der Waals surface area contributed by atoms with Crippen molar-refractivity contribution in [1.82, 2.24) is 14.9 Å². The van der Waals surface area contributed by atoms with Crippen LogP contribution in [0.3, 0.4) is 0 Å². The van der Waals surface area contributed by atoms with Gasteiger partial charge in [-0.05, 0) is 44.5 Å². The Labute approximate surface area is 176 Å². The average molecular weight is 399 g/mol. The van der Waals surface area contributed by atoms with E-state index in [-0.39, 0.29) is 5.56 Å². The molecular weight excluding hydrogens is 374 g/mol. The largest absolute Gasteiger partial charge is 0.365 e. The maximum atomic E-state index is 13.1. The summed E-state index contributed by atoms with van der Waals surface area (Å²) in [6.07, 6.45) is 1.09. The van der Waals surface area contributed by atoms with Crippen molar-refractivity contribution in [2.24, 2.45) is 13.0 Å². The molecule has 2 N–H and O–H groups in total. The van der Waals surface area contributed by atoms with Crippen LogP contribution in [0.2, 0.25) is 0 Å². The monoisotopic (exact) mass is 399 g/mol. The molecule has 1 fully saturated rings. The van der Waals surface area contributed by atoms with E-state index in [4.69, 9.17) is 10.2 Å². The van der Waals surface area contributed by atoms with E-state index in [2.05, 4.69) is 16.7 Å². The third kappa shape index (κ3) is 3.98. The van der Waals surface area contributed by atoms with Gasteiger partial charge in [0.15, 0.2) is 5.82 Å². The summed E-state index contributed by atoms with van der Waals surface area (Å²) in [5.41, 5.74) is 4.88. The number of anilines is 1. The molecule has 0 unspecified atom stereocenters. The lowest BCUT2D eigenvalue weighted by Gasteiger charge is -2.18. The Hall–Kier alpha value is -3.43. The maximum Gasteiger partial charge on any atom is 0.293 e. The number of rotatable bonds is 5. The number of hydrogen-bond donors (Lipinski definition) is 2. The molecule has 1 saturated heterocycles. The summed E-state index contributed by atoms with van der Waals surface area (Å²) in [7, 11) is 1.79. The zero-order chi connectivity index (χ0) is 21.1. The van der Waals surface area contributed by atoms with Crippen LogP contribution in [0.1, 0.15) is 17.5 Å². The van der Waals surface area contributed by atoms with Crippen molar-refractivity contribution in [3.05, 3.63) is 70.0 Å².